The number of aromatic nitrogens is 2. The van der Waals surface area contributed by atoms with Gasteiger partial charge in [-0.2, -0.15) is 4.98 Å². The molecule has 0 fully saturated rings. The lowest BCUT2D eigenvalue weighted by molar-refractivity contribution is -0.147. The molecule has 8 heteroatoms. The van der Waals surface area contributed by atoms with Crippen molar-refractivity contribution in [1.29, 1.82) is 0 Å². The quantitative estimate of drug-likeness (QED) is 0.729. The van der Waals surface area contributed by atoms with E-state index in [1.54, 1.807) is 45.0 Å². The van der Waals surface area contributed by atoms with Crippen molar-refractivity contribution >= 4 is 11.9 Å². The highest BCUT2D eigenvalue weighted by molar-refractivity contribution is 5.94. The molecule has 0 aliphatic rings. The zero-order valence-electron chi connectivity index (χ0n) is 14.4. The minimum absolute atomic E-state index is 0.134. The largest absolute Gasteiger partial charge is 0.485 e. The molecule has 0 saturated heterocycles. The molecule has 1 amide bonds. The third-order valence-electron chi connectivity index (χ3n) is 3.04. The maximum Gasteiger partial charge on any atom is 0.307 e. The second-order valence-corrected chi connectivity index (χ2v) is 5.59. The third kappa shape index (κ3) is 6.25. The van der Waals surface area contributed by atoms with Gasteiger partial charge in [-0.25, -0.2) is 0 Å². The predicted molar refractivity (Wildman–Crippen MR) is 88.0 cm³/mol. The monoisotopic (exact) mass is 347 g/mol. The van der Waals surface area contributed by atoms with Crippen LogP contribution in [0, 0.1) is 6.92 Å². The lowest BCUT2D eigenvalue weighted by Crippen LogP contribution is -2.27. The molecule has 0 atom stereocenters. The number of nitrogens with one attached hydrogen (secondary N) is 1. The highest BCUT2D eigenvalue weighted by atomic mass is 16.5. The minimum Gasteiger partial charge on any atom is -0.485 e. The lowest BCUT2D eigenvalue weighted by atomic mass is 10.2. The van der Waals surface area contributed by atoms with E-state index in [1.807, 2.05) is 0 Å². The van der Waals surface area contributed by atoms with Gasteiger partial charge < -0.3 is 19.3 Å². The van der Waals surface area contributed by atoms with Gasteiger partial charge in [0, 0.05) is 19.0 Å². The average molecular weight is 347 g/mol. The molecule has 0 aliphatic heterocycles. The molecule has 1 N–H and O–H groups in total. The number of carbonyl (C=O) groups is 2. The number of ether oxygens (including phenoxy) is 2. The molecule has 0 saturated carbocycles. The van der Waals surface area contributed by atoms with E-state index in [4.69, 9.17) is 14.0 Å². The number of carbonyl (C=O) groups excluding carboxylic acids is 2. The molecule has 25 heavy (non-hydrogen) atoms. The molecule has 1 aromatic carbocycles. The topological polar surface area (TPSA) is 104 Å². The Hall–Kier alpha value is -2.90. The third-order valence-corrected chi connectivity index (χ3v) is 3.04. The van der Waals surface area contributed by atoms with Crippen molar-refractivity contribution in [3.05, 3.63) is 41.5 Å². The number of hydrogen-bond acceptors (Lipinski definition) is 7. The maximum absolute atomic E-state index is 12.0. The van der Waals surface area contributed by atoms with E-state index in [2.05, 4.69) is 15.5 Å². The van der Waals surface area contributed by atoms with Crippen LogP contribution in [0.15, 0.2) is 28.8 Å². The fraction of sp³-hybridized carbons (Fsp3) is 0.412. The molecule has 2 rings (SSSR count). The smallest absolute Gasteiger partial charge is 0.307 e. The number of esters is 1. The summed E-state index contributed by atoms with van der Waals surface area (Å²) in [7, 11) is 0. The summed E-state index contributed by atoms with van der Waals surface area (Å²) < 4.78 is 15.4. The van der Waals surface area contributed by atoms with Gasteiger partial charge in [-0.1, -0.05) is 5.16 Å². The van der Waals surface area contributed by atoms with Crippen LogP contribution < -0.4 is 10.1 Å². The van der Waals surface area contributed by atoms with E-state index >= 15 is 0 Å². The second kappa shape index (κ2) is 8.81. The summed E-state index contributed by atoms with van der Waals surface area (Å²) in [5, 5.41) is 6.40. The van der Waals surface area contributed by atoms with Crippen molar-refractivity contribution < 1.29 is 23.6 Å². The van der Waals surface area contributed by atoms with Gasteiger partial charge in [0.1, 0.15) is 5.75 Å². The van der Waals surface area contributed by atoms with E-state index in [0.717, 1.165) is 0 Å². The normalized spacial score (nSPS) is 10.6. The van der Waals surface area contributed by atoms with Gasteiger partial charge in [-0.15, -0.1) is 0 Å². The van der Waals surface area contributed by atoms with Crippen molar-refractivity contribution in [3.63, 3.8) is 0 Å². The van der Waals surface area contributed by atoms with Gasteiger partial charge in [0.15, 0.2) is 6.61 Å². The van der Waals surface area contributed by atoms with Crippen molar-refractivity contribution in [1.82, 2.24) is 15.5 Å². The van der Waals surface area contributed by atoms with Gasteiger partial charge in [0.05, 0.1) is 12.5 Å². The lowest BCUT2D eigenvalue weighted by Gasteiger charge is -2.09. The number of benzene rings is 1. The zero-order chi connectivity index (χ0) is 18.2. The highest BCUT2D eigenvalue weighted by Crippen LogP contribution is 2.13. The Morgan fingerprint density at radius 3 is 2.56 bits per heavy atom. The number of nitrogens with zero attached hydrogens (tertiary/aromatic N) is 2. The summed E-state index contributed by atoms with van der Waals surface area (Å²) in [6, 6.07) is 6.63. The van der Waals surface area contributed by atoms with Crippen LogP contribution in [0.5, 0.6) is 5.75 Å². The molecule has 0 radical (unpaired) electrons. The average Bonchev–Trinajstić information content (AvgIpc) is 2.98. The molecule has 2 aromatic rings. The molecule has 8 nitrogen and oxygen atoms in total. The summed E-state index contributed by atoms with van der Waals surface area (Å²) in [6.45, 7) is 5.66. The fourth-order valence-corrected chi connectivity index (χ4v) is 1.95. The Labute approximate surface area is 145 Å². The van der Waals surface area contributed by atoms with Crippen molar-refractivity contribution in [2.75, 3.05) is 6.54 Å². The Morgan fingerprint density at radius 1 is 1.24 bits per heavy atom. The molecule has 0 spiro atoms. The summed E-state index contributed by atoms with van der Waals surface area (Å²) in [4.78, 5) is 27.4. The molecule has 0 aliphatic carbocycles. The summed E-state index contributed by atoms with van der Waals surface area (Å²) in [6.07, 6.45) is -0.0259. The van der Waals surface area contributed by atoms with Gasteiger partial charge in [-0.3, -0.25) is 9.59 Å². The summed E-state index contributed by atoms with van der Waals surface area (Å²) in [5.74, 6) is 0.906. The first kappa shape index (κ1) is 18.4. The van der Waals surface area contributed by atoms with Crippen LogP contribution in [0.4, 0.5) is 0 Å². The zero-order valence-corrected chi connectivity index (χ0v) is 14.4. The molecular formula is C17H21N3O5. The Balaban J connectivity index is 1.76. The van der Waals surface area contributed by atoms with Crippen LogP contribution in [0.3, 0.4) is 0 Å². The van der Waals surface area contributed by atoms with Crippen LogP contribution in [-0.2, 0) is 16.1 Å². The van der Waals surface area contributed by atoms with Crippen LogP contribution in [0.1, 0.15) is 42.3 Å². The van der Waals surface area contributed by atoms with E-state index in [9.17, 15) is 9.59 Å². The molecule has 134 valence electrons. The number of aryl methyl sites for hydroxylation is 1. The van der Waals surface area contributed by atoms with Crippen molar-refractivity contribution in [3.8, 4) is 5.75 Å². The van der Waals surface area contributed by atoms with E-state index in [0.29, 0.717) is 23.0 Å². The molecule has 1 aromatic heterocycles. The van der Waals surface area contributed by atoms with Gasteiger partial charge in [0.2, 0.25) is 11.7 Å². The molecular weight excluding hydrogens is 326 g/mol. The number of rotatable bonds is 8. The first-order chi connectivity index (χ1) is 11.9. The van der Waals surface area contributed by atoms with E-state index in [1.165, 1.54) is 0 Å². The predicted octanol–water partition coefficient (Wildman–Crippen LogP) is 2.03. The SMILES string of the molecule is Cc1nc(COc2ccc(C(=O)NCCC(=O)OC(C)C)cc2)no1. The van der Waals surface area contributed by atoms with Crippen molar-refractivity contribution in [2.24, 2.45) is 0 Å². The summed E-state index contributed by atoms with van der Waals surface area (Å²) in [5.41, 5.74) is 0.472. The van der Waals surface area contributed by atoms with Crippen LogP contribution in [-0.4, -0.2) is 34.7 Å². The second-order valence-electron chi connectivity index (χ2n) is 5.59. The standard InChI is InChI=1S/C17H21N3O5/c1-11(2)24-16(21)8-9-18-17(22)13-4-6-14(7-5-13)23-10-15-19-12(3)25-20-15/h4-7,11H,8-10H2,1-3H3,(H,18,22). The minimum atomic E-state index is -0.337. The highest BCUT2D eigenvalue weighted by Gasteiger charge is 2.09. The summed E-state index contributed by atoms with van der Waals surface area (Å²) >= 11 is 0. The van der Waals surface area contributed by atoms with Crippen LogP contribution in [0.2, 0.25) is 0 Å². The first-order valence-corrected chi connectivity index (χ1v) is 7.94. The van der Waals surface area contributed by atoms with Crippen LogP contribution in [0.25, 0.3) is 0 Å². The number of amides is 1. The van der Waals surface area contributed by atoms with E-state index < -0.39 is 0 Å². The first-order valence-electron chi connectivity index (χ1n) is 7.94. The van der Waals surface area contributed by atoms with Crippen LogP contribution >= 0.6 is 0 Å². The van der Waals surface area contributed by atoms with E-state index in [-0.39, 0.29) is 37.6 Å². The van der Waals surface area contributed by atoms with Gasteiger partial charge in [0.25, 0.3) is 5.91 Å². The molecule has 0 bridgehead atoms. The molecule has 1 heterocycles. The fourth-order valence-electron chi connectivity index (χ4n) is 1.95. The van der Waals surface area contributed by atoms with Gasteiger partial charge in [-0.05, 0) is 38.1 Å². The Kier molecular flexibility index (Phi) is 6.50. The van der Waals surface area contributed by atoms with Gasteiger partial charge >= 0.3 is 5.97 Å². The Morgan fingerprint density at radius 2 is 1.96 bits per heavy atom. The Bertz CT molecular complexity index is 709. The van der Waals surface area contributed by atoms with Crippen molar-refractivity contribution in [2.45, 2.75) is 39.9 Å². The number of hydrogen-bond donors (Lipinski definition) is 1. The molecule has 0 unspecified atom stereocenters. The maximum atomic E-state index is 12.0.